The fraction of sp³-hybridized carbons (Fsp3) is 0.174. The Hall–Kier alpha value is -3.47. The third-order valence-corrected chi connectivity index (χ3v) is 4.87. The maximum atomic E-state index is 13.3. The van der Waals surface area contributed by atoms with Gasteiger partial charge >= 0.3 is 0 Å². The normalized spacial score (nSPS) is 10.9. The molecule has 0 saturated heterocycles. The van der Waals surface area contributed by atoms with E-state index >= 15 is 0 Å². The Morgan fingerprint density at radius 1 is 1.11 bits per heavy atom. The van der Waals surface area contributed by atoms with Gasteiger partial charge in [0.05, 0.1) is 16.8 Å². The number of nitrogens with zero attached hydrogens (tertiary/aromatic N) is 4. The van der Waals surface area contributed by atoms with Gasteiger partial charge < -0.3 is 9.47 Å². The van der Waals surface area contributed by atoms with Gasteiger partial charge in [-0.2, -0.15) is 0 Å². The van der Waals surface area contributed by atoms with Crippen molar-refractivity contribution in [3.05, 3.63) is 84.4 Å². The van der Waals surface area contributed by atoms with Crippen molar-refractivity contribution in [2.75, 3.05) is 7.05 Å². The van der Waals surface area contributed by atoms with E-state index in [4.69, 9.17) is 4.98 Å². The predicted molar refractivity (Wildman–Crippen MR) is 111 cm³/mol. The highest BCUT2D eigenvalue weighted by Gasteiger charge is 2.18. The van der Waals surface area contributed by atoms with E-state index in [2.05, 4.69) is 28.7 Å². The van der Waals surface area contributed by atoms with E-state index in [9.17, 15) is 4.79 Å². The minimum Gasteiger partial charge on any atom is -0.354 e. The van der Waals surface area contributed by atoms with Gasteiger partial charge in [0.15, 0.2) is 0 Å². The van der Waals surface area contributed by atoms with E-state index < -0.39 is 0 Å². The molecular formula is C23H22N4O. The van der Waals surface area contributed by atoms with Gasteiger partial charge in [-0.25, -0.2) is 4.98 Å². The Bertz CT molecular complexity index is 1120. The van der Waals surface area contributed by atoms with Crippen LogP contribution < -0.4 is 0 Å². The van der Waals surface area contributed by atoms with Crippen LogP contribution in [0.15, 0.2) is 73.3 Å². The van der Waals surface area contributed by atoms with Crippen LogP contribution in [0.1, 0.15) is 22.8 Å². The molecule has 5 nitrogen and oxygen atoms in total. The van der Waals surface area contributed by atoms with Crippen molar-refractivity contribution in [2.24, 2.45) is 0 Å². The average Bonchev–Trinajstić information content (AvgIpc) is 3.20. The maximum absolute atomic E-state index is 13.3. The molecule has 0 aliphatic heterocycles. The van der Waals surface area contributed by atoms with Gasteiger partial charge in [-0.05, 0) is 42.8 Å². The second-order valence-corrected chi connectivity index (χ2v) is 6.82. The molecule has 4 aromatic rings. The molecule has 5 heteroatoms. The van der Waals surface area contributed by atoms with Gasteiger partial charge in [0.2, 0.25) is 0 Å². The van der Waals surface area contributed by atoms with E-state index in [1.54, 1.807) is 17.3 Å². The number of amides is 1. The molecule has 4 rings (SSSR count). The molecule has 0 N–H and O–H groups in total. The first-order chi connectivity index (χ1) is 13.7. The van der Waals surface area contributed by atoms with Crippen LogP contribution in [0.2, 0.25) is 0 Å². The molecule has 0 radical (unpaired) electrons. The van der Waals surface area contributed by atoms with E-state index in [1.165, 1.54) is 0 Å². The number of carbonyl (C=O) groups excluding carboxylic acids is 1. The standard InChI is InChI=1S/C23H22N4O/c1-3-27-13-10-17(16-27)15-26(2)23(28)20-14-22(18-8-11-24-12-9-18)25-21-7-5-4-6-19(20)21/h4-14,16H,3,15H2,1-2H3. The van der Waals surface area contributed by atoms with Crippen molar-refractivity contribution in [1.82, 2.24) is 19.4 Å². The Kier molecular flexibility index (Phi) is 4.89. The Labute approximate surface area is 164 Å². The molecule has 3 aromatic heterocycles. The number of benzene rings is 1. The molecule has 1 amide bonds. The van der Waals surface area contributed by atoms with Crippen LogP contribution in [0.5, 0.6) is 0 Å². The molecular weight excluding hydrogens is 348 g/mol. The molecule has 0 aliphatic rings. The van der Waals surface area contributed by atoms with Crippen molar-refractivity contribution >= 4 is 16.8 Å². The topological polar surface area (TPSA) is 51.0 Å². The number of pyridine rings is 2. The second-order valence-electron chi connectivity index (χ2n) is 6.82. The van der Waals surface area contributed by atoms with Gasteiger partial charge in [0, 0.05) is 55.9 Å². The fourth-order valence-corrected chi connectivity index (χ4v) is 3.35. The fourth-order valence-electron chi connectivity index (χ4n) is 3.35. The quantitative estimate of drug-likeness (QED) is 0.523. The molecule has 0 fully saturated rings. The molecule has 3 heterocycles. The summed E-state index contributed by atoms with van der Waals surface area (Å²) in [5, 5.41) is 0.864. The van der Waals surface area contributed by atoms with Crippen LogP contribution in [0.4, 0.5) is 0 Å². The average molecular weight is 370 g/mol. The first-order valence-corrected chi connectivity index (χ1v) is 9.36. The maximum Gasteiger partial charge on any atom is 0.254 e. The molecule has 0 aliphatic carbocycles. The number of hydrogen-bond acceptors (Lipinski definition) is 3. The summed E-state index contributed by atoms with van der Waals surface area (Å²) < 4.78 is 2.11. The highest BCUT2D eigenvalue weighted by molar-refractivity contribution is 6.07. The van der Waals surface area contributed by atoms with Crippen molar-refractivity contribution in [3.8, 4) is 11.3 Å². The van der Waals surface area contributed by atoms with E-state index in [1.807, 2.05) is 55.7 Å². The predicted octanol–water partition coefficient (Wildman–Crippen LogP) is 4.39. The summed E-state index contributed by atoms with van der Waals surface area (Å²) in [6.07, 6.45) is 7.59. The molecule has 1 aromatic carbocycles. The molecule has 140 valence electrons. The Morgan fingerprint density at radius 3 is 2.64 bits per heavy atom. The number of aryl methyl sites for hydroxylation is 1. The zero-order valence-electron chi connectivity index (χ0n) is 16.0. The van der Waals surface area contributed by atoms with Crippen LogP contribution in [-0.2, 0) is 13.1 Å². The van der Waals surface area contributed by atoms with Gasteiger partial charge in [-0.15, -0.1) is 0 Å². The highest BCUT2D eigenvalue weighted by atomic mass is 16.2. The van der Waals surface area contributed by atoms with Crippen molar-refractivity contribution in [2.45, 2.75) is 20.0 Å². The lowest BCUT2D eigenvalue weighted by Crippen LogP contribution is -2.26. The van der Waals surface area contributed by atoms with Crippen LogP contribution in [0.25, 0.3) is 22.2 Å². The van der Waals surface area contributed by atoms with E-state index in [0.717, 1.165) is 34.3 Å². The molecule has 0 spiro atoms. The number of hydrogen-bond donors (Lipinski definition) is 0. The lowest BCUT2D eigenvalue weighted by Gasteiger charge is -2.18. The first-order valence-electron chi connectivity index (χ1n) is 9.36. The summed E-state index contributed by atoms with van der Waals surface area (Å²) in [5.41, 5.74) is 4.30. The Balaban J connectivity index is 1.72. The smallest absolute Gasteiger partial charge is 0.254 e. The lowest BCUT2D eigenvalue weighted by molar-refractivity contribution is 0.0787. The van der Waals surface area contributed by atoms with Crippen molar-refractivity contribution in [1.29, 1.82) is 0 Å². The summed E-state index contributed by atoms with van der Waals surface area (Å²) in [7, 11) is 1.84. The number of para-hydroxylation sites is 1. The number of carbonyl (C=O) groups is 1. The van der Waals surface area contributed by atoms with Crippen LogP contribution in [-0.4, -0.2) is 32.4 Å². The molecule has 0 saturated carbocycles. The third kappa shape index (κ3) is 3.51. The zero-order chi connectivity index (χ0) is 19.5. The van der Waals surface area contributed by atoms with Gasteiger partial charge in [-0.3, -0.25) is 9.78 Å². The largest absolute Gasteiger partial charge is 0.354 e. The zero-order valence-corrected chi connectivity index (χ0v) is 16.0. The van der Waals surface area contributed by atoms with E-state index in [-0.39, 0.29) is 5.91 Å². The minimum absolute atomic E-state index is 0.0156. The van der Waals surface area contributed by atoms with Crippen LogP contribution in [0.3, 0.4) is 0 Å². The lowest BCUT2D eigenvalue weighted by atomic mass is 10.0. The molecule has 28 heavy (non-hydrogen) atoms. The van der Waals surface area contributed by atoms with Crippen LogP contribution >= 0.6 is 0 Å². The summed E-state index contributed by atoms with van der Waals surface area (Å²) in [4.78, 5) is 23.9. The first kappa shape index (κ1) is 17.9. The summed E-state index contributed by atoms with van der Waals surface area (Å²) >= 11 is 0. The summed E-state index contributed by atoms with van der Waals surface area (Å²) in [5.74, 6) is -0.0156. The van der Waals surface area contributed by atoms with Crippen molar-refractivity contribution in [3.63, 3.8) is 0 Å². The monoisotopic (exact) mass is 370 g/mol. The molecule has 0 unspecified atom stereocenters. The minimum atomic E-state index is -0.0156. The second kappa shape index (κ2) is 7.64. The highest BCUT2D eigenvalue weighted by Crippen LogP contribution is 2.25. The summed E-state index contributed by atoms with van der Waals surface area (Å²) in [6, 6.07) is 15.5. The molecule has 0 bridgehead atoms. The van der Waals surface area contributed by atoms with Gasteiger partial charge in [0.1, 0.15) is 0 Å². The number of aromatic nitrogens is 3. The molecule has 0 atom stereocenters. The number of fused-ring (bicyclic) bond motifs is 1. The summed E-state index contributed by atoms with van der Waals surface area (Å²) in [6.45, 7) is 3.58. The van der Waals surface area contributed by atoms with Gasteiger partial charge in [-0.1, -0.05) is 18.2 Å². The third-order valence-electron chi connectivity index (χ3n) is 4.87. The SMILES string of the molecule is CCn1ccc(CN(C)C(=O)c2cc(-c3ccncc3)nc3ccccc23)c1. The van der Waals surface area contributed by atoms with E-state index in [0.29, 0.717) is 12.1 Å². The number of rotatable bonds is 5. The van der Waals surface area contributed by atoms with Crippen LogP contribution in [0, 0.1) is 0 Å². The Morgan fingerprint density at radius 2 is 1.89 bits per heavy atom. The van der Waals surface area contributed by atoms with Crippen molar-refractivity contribution < 1.29 is 4.79 Å². The van der Waals surface area contributed by atoms with Gasteiger partial charge in [0.25, 0.3) is 5.91 Å².